The number of aryl methyl sites for hydroxylation is 1. The maximum Gasteiger partial charge on any atom is 0.322 e. The summed E-state index contributed by atoms with van der Waals surface area (Å²) in [6.45, 7) is 6.66. The number of nitrogens with one attached hydrogen (secondary N) is 1. The molecule has 0 radical (unpaired) electrons. The Morgan fingerprint density at radius 3 is 2.57 bits per heavy atom. The van der Waals surface area contributed by atoms with Gasteiger partial charge in [0.15, 0.2) is 0 Å². The minimum absolute atomic E-state index is 0.264. The van der Waals surface area contributed by atoms with Crippen LogP contribution in [0, 0.1) is 12.7 Å². The Morgan fingerprint density at radius 2 is 1.84 bits per heavy atom. The van der Waals surface area contributed by atoms with Crippen LogP contribution in [0.25, 0.3) is 17.0 Å². The minimum atomic E-state index is -0.661. The Kier molecular flexibility index (Phi) is 6.72. The first-order chi connectivity index (χ1) is 17.9. The number of nitrogens with zero attached hydrogens (tertiary/aromatic N) is 3. The van der Waals surface area contributed by atoms with Gasteiger partial charge in [0.1, 0.15) is 11.6 Å². The summed E-state index contributed by atoms with van der Waals surface area (Å²) < 4.78 is 25.4. The van der Waals surface area contributed by atoms with Crippen LogP contribution < -0.4 is 10.1 Å². The highest BCUT2D eigenvalue weighted by Gasteiger charge is 2.36. The van der Waals surface area contributed by atoms with E-state index in [4.69, 9.17) is 9.26 Å². The summed E-state index contributed by atoms with van der Waals surface area (Å²) in [4.78, 5) is 19.6. The summed E-state index contributed by atoms with van der Waals surface area (Å²) in [5.74, 6) is 1.07. The van der Waals surface area contributed by atoms with Crippen LogP contribution in [0.3, 0.4) is 0 Å². The number of rotatable bonds is 7. The van der Waals surface area contributed by atoms with E-state index in [9.17, 15) is 9.18 Å². The topological polar surface area (TPSA) is 80.5 Å². The lowest BCUT2D eigenvalue weighted by Crippen LogP contribution is -2.45. The molecule has 1 aromatic heterocycles. The summed E-state index contributed by atoms with van der Waals surface area (Å²) in [6.07, 6.45) is 0. The average Bonchev–Trinajstić information content (AvgIpc) is 3.37. The van der Waals surface area contributed by atoms with Crippen molar-refractivity contribution in [1.82, 2.24) is 20.4 Å². The summed E-state index contributed by atoms with van der Waals surface area (Å²) in [7, 11) is 0. The van der Waals surface area contributed by atoms with E-state index in [1.807, 2.05) is 69.3 Å². The molecule has 188 valence electrons. The van der Waals surface area contributed by atoms with Gasteiger partial charge < -0.3 is 14.6 Å². The zero-order chi connectivity index (χ0) is 25.9. The predicted molar refractivity (Wildman–Crippen MR) is 138 cm³/mol. The van der Waals surface area contributed by atoms with Crippen molar-refractivity contribution in [3.8, 4) is 17.1 Å². The van der Waals surface area contributed by atoms with Crippen LogP contribution in [0.15, 0.2) is 83.0 Å². The molecule has 37 heavy (non-hydrogen) atoms. The summed E-state index contributed by atoms with van der Waals surface area (Å²) in [5, 5.41) is 7.21. The second kappa shape index (κ2) is 10.3. The second-order valence-corrected chi connectivity index (χ2v) is 8.89. The third-order valence-corrected chi connectivity index (χ3v) is 6.29. The number of allylic oxidation sites excluding steroid dienone is 1. The Morgan fingerprint density at radius 1 is 1.05 bits per heavy atom. The number of ether oxygens (including phenoxy) is 1. The Balaban J connectivity index is 1.56. The molecule has 0 spiro atoms. The van der Waals surface area contributed by atoms with Gasteiger partial charge in [-0.2, -0.15) is 4.98 Å². The Labute approximate surface area is 214 Å². The van der Waals surface area contributed by atoms with Crippen molar-refractivity contribution in [3.63, 3.8) is 0 Å². The van der Waals surface area contributed by atoms with Gasteiger partial charge in [0.2, 0.25) is 5.82 Å². The maximum atomic E-state index is 14.2. The lowest BCUT2D eigenvalue weighted by Gasteiger charge is -2.35. The molecule has 0 bridgehead atoms. The van der Waals surface area contributed by atoms with E-state index in [2.05, 4.69) is 15.5 Å². The molecule has 1 N–H and O–H groups in total. The average molecular weight is 499 g/mol. The molecule has 5 rings (SSSR count). The standard InChI is InChI=1S/C29H27FN4O3/c1-4-36-24-13-11-20(12-14-24)17-34-19(3)25(26(31-29(34)35)21-8-6-10-23(30)16-21)28-32-27(33-37-28)22-9-5-7-18(2)15-22/h5-16,26H,4,17H2,1-3H3,(H,31,35). The molecule has 0 saturated heterocycles. The molecule has 1 atom stereocenters. The molecule has 8 heteroatoms. The van der Waals surface area contributed by atoms with Gasteiger partial charge in [-0.15, -0.1) is 0 Å². The molecule has 2 amide bonds. The first-order valence-corrected chi connectivity index (χ1v) is 12.1. The Hall–Kier alpha value is -4.46. The van der Waals surface area contributed by atoms with Gasteiger partial charge in [0.05, 0.1) is 24.8 Å². The van der Waals surface area contributed by atoms with Crippen LogP contribution in [0.5, 0.6) is 5.75 Å². The molecule has 1 unspecified atom stereocenters. The molecule has 0 aliphatic carbocycles. The van der Waals surface area contributed by atoms with Crippen LogP contribution in [-0.2, 0) is 6.54 Å². The van der Waals surface area contributed by atoms with Gasteiger partial charge in [-0.1, -0.05) is 53.2 Å². The first-order valence-electron chi connectivity index (χ1n) is 12.1. The van der Waals surface area contributed by atoms with E-state index >= 15 is 0 Å². The molecular weight excluding hydrogens is 471 g/mol. The van der Waals surface area contributed by atoms with E-state index < -0.39 is 11.9 Å². The number of carbonyl (C=O) groups is 1. The summed E-state index contributed by atoms with van der Waals surface area (Å²) >= 11 is 0. The summed E-state index contributed by atoms with van der Waals surface area (Å²) in [5.41, 5.74) is 4.66. The van der Waals surface area contributed by atoms with Crippen molar-refractivity contribution >= 4 is 11.6 Å². The number of urea groups is 1. The molecule has 3 aromatic carbocycles. The monoisotopic (exact) mass is 498 g/mol. The molecule has 0 fully saturated rings. The van der Waals surface area contributed by atoms with E-state index in [0.29, 0.717) is 35.8 Å². The number of halogens is 1. The number of hydrogen-bond acceptors (Lipinski definition) is 5. The van der Waals surface area contributed by atoms with Crippen molar-refractivity contribution in [2.75, 3.05) is 6.61 Å². The molecule has 0 saturated carbocycles. The number of aromatic nitrogens is 2. The number of carbonyl (C=O) groups excluding carboxylic acids is 1. The number of benzene rings is 3. The first kappa shape index (κ1) is 24.2. The smallest absolute Gasteiger partial charge is 0.322 e. The third kappa shape index (κ3) is 5.09. The minimum Gasteiger partial charge on any atom is -0.494 e. The largest absolute Gasteiger partial charge is 0.494 e. The predicted octanol–water partition coefficient (Wildman–Crippen LogP) is 6.28. The van der Waals surface area contributed by atoms with Crippen LogP contribution >= 0.6 is 0 Å². The zero-order valence-corrected chi connectivity index (χ0v) is 20.9. The van der Waals surface area contributed by atoms with Crippen LogP contribution in [0.2, 0.25) is 0 Å². The highest BCUT2D eigenvalue weighted by Crippen LogP contribution is 2.38. The molecule has 2 heterocycles. The number of amides is 2. The lowest BCUT2D eigenvalue weighted by molar-refractivity contribution is 0.203. The molecular formula is C29H27FN4O3. The van der Waals surface area contributed by atoms with Crippen molar-refractivity contribution in [1.29, 1.82) is 0 Å². The highest BCUT2D eigenvalue weighted by molar-refractivity contribution is 5.86. The molecule has 1 aliphatic rings. The third-order valence-electron chi connectivity index (χ3n) is 6.29. The van der Waals surface area contributed by atoms with E-state index in [1.165, 1.54) is 12.1 Å². The fourth-order valence-electron chi connectivity index (χ4n) is 4.46. The van der Waals surface area contributed by atoms with Gasteiger partial charge in [0.25, 0.3) is 5.89 Å². The van der Waals surface area contributed by atoms with Gasteiger partial charge in [0, 0.05) is 11.3 Å². The highest BCUT2D eigenvalue weighted by atomic mass is 19.1. The van der Waals surface area contributed by atoms with Crippen LogP contribution in [0.1, 0.15) is 42.5 Å². The fraction of sp³-hybridized carbons (Fsp3) is 0.207. The Bertz CT molecular complexity index is 1460. The van der Waals surface area contributed by atoms with Gasteiger partial charge >= 0.3 is 6.03 Å². The van der Waals surface area contributed by atoms with Gasteiger partial charge in [-0.25, -0.2) is 9.18 Å². The second-order valence-electron chi connectivity index (χ2n) is 8.89. The maximum absolute atomic E-state index is 14.2. The molecule has 4 aromatic rings. The van der Waals surface area contributed by atoms with Crippen molar-refractivity contribution in [3.05, 3.63) is 107 Å². The van der Waals surface area contributed by atoms with E-state index in [-0.39, 0.29) is 11.9 Å². The summed E-state index contributed by atoms with van der Waals surface area (Å²) in [6, 6.07) is 20.6. The quantitative estimate of drug-likeness (QED) is 0.324. The van der Waals surface area contributed by atoms with Crippen LogP contribution in [-0.4, -0.2) is 27.7 Å². The van der Waals surface area contributed by atoms with Crippen molar-refractivity contribution in [2.45, 2.75) is 33.4 Å². The van der Waals surface area contributed by atoms with Gasteiger partial charge in [-0.3, -0.25) is 4.90 Å². The lowest BCUT2D eigenvalue weighted by atomic mass is 9.94. The van der Waals surface area contributed by atoms with Gasteiger partial charge in [-0.05, 0) is 62.2 Å². The molecule has 7 nitrogen and oxygen atoms in total. The van der Waals surface area contributed by atoms with Crippen molar-refractivity contribution < 1.29 is 18.4 Å². The zero-order valence-electron chi connectivity index (χ0n) is 20.9. The van der Waals surface area contributed by atoms with E-state index in [1.54, 1.807) is 17.0 Å². The number of hydrogen-bond donors (Lipinski definition) is 1. The van der Waals surface area contributed by atoms with Crippen LogP contribution in [0.4, 0.5) is 9.18 Å². The van der Waals surface area contributed by atoms with E-state index in [0.717, 1.165) is 22.4 Å². The molecule has 1 aliphatic heterocycles. The van der Waals surface area contributed by atoms with Crippen molar-refractivity contribution in [2.24, 2.45) is 0 Å². The SMILES string of the molecule is CCOc1ccc(CN2C(=O)NC(c3cccc(F)c3)C(c3nc(-c4cccc(C)c4)no3)=C2C)cc1. The normalized spacial score (nSPS) is 15.6. The fourth-order valence-corrected chi connectivity index (χ4v) is 4.46.